The van der Waals surface area contributed by atoms with Gasteiger partial charge in [0.1, 0.15) is 5.75 Å². The zero-order valence-corrected chi connectivity index (χ0v) is 6.96. The van der Waals surface area contributed by atoms with Gasteiger partial charge in [0, 0.05) is 0 Å². The van der Waals surface area contributed by atoms with Gasteiger partial charge < -0.3 is 10.8 Å². The highest BCUT2D eigenvalue weighted by Gasteiger charge is 2.22. The lowest BCUT2D eigenvalue weighted by atomic mass is 10.1. The number of phenols is 1. The van der Waals surface area contributed by atoms with Crippen LogP contribution in [0.1, 0.15) is 11.1 Å². The van der Waals surface area contributed by atoms with Crippen LogP contribution in [0, 0.1) is 5.92 Å². The molecular formula is C10H13NO. The van der Waals surface area contributed by atoms with Crippen LogP contribution < -0.4 is 5.73 Å². The van der Waals surface area contributed by atoms with Crippen LogP contribution in [-0.2, 0) is 12.8 Å². The van der Waals surface area contributed by atoms with E-state index in [4.69, 9.17) is 5.73 Å². The van der Waals surface area contributed by atoms with Crippen molar-refractivity contribution in [1.29, 1.82) is 0 Å². The fourth-order valence-electron chi connectivity index (χ4n) is 1.89. The summed E-state index contributed by atoms with van der Waals surface area (Å²) in [6.07, 6.45) is 1.97. The van der Waals surface area contributed by atoms with E-state index in [0.717, 1.165) is 18.4 Å². The van der Waals surface area contributed by atoms with Crippen molar-refractivity contribution in [2.75, 3.05) is 6.54 Å². The minimum atomic E-state index is 0.434. The highest BCUT2D eigenvalue weighted by molar-refractivity contribution is 5.42. The summed E-state index contributed by atoms with van der Waals surface area (Å²) < 4.78 is 0. The Kier molecular flexibility index (Phi) is 1.77. The third-order valence-electron chi connectivity index (χ3n) is 2.58. The van der Waals surface area contributed by atoms with Crippen LogP contribution in [0.3, 0.4) is 0 Å². The highest BCUT2D eigenvalue weighted by atomic mass is 16.3. The predicted octanol–water partition coefficient (Wildman–Crippen LogP) is 1.07. The number of benzene rings is 1. The average Bonchev–Trinajstić information content (AvgIpc) is 2.49. The number of fused-ring (bicyclic) bond motifs is 1. The molecule has 0 heterocycles. The van der Waals surface area contributed by atoms with Gasteiger partial charge in [-0.3, -0.25) is 0 Å². The number of nitrogens with two attached hydrogens (primary N) is 1. The van der Waals surface area contributed by atoms with Gasteiger partial charge in [-0.05, 0) is 42.5 Å². The fourth-order valence-corrected chi connectivity index (χ4v) is 1.89. The molecule has 0 aliphatic heterocycles. The Morgan fingerprint density at radius 3 is 2.92 bits per heavy atom. The van der Waals surface area contributed by atoms with Crippen LogP contribution in [0.4, 0.5) is 0 Å². The molecular weight excluding hydrogens is 150 g/mol. The summed E-state index contributed by atoms with van der Waals surface area (Å²) in [6, 6.07) is 5.72. The van der Waals surface area contributed by atoms with Crippen LogP contribution in [0.25, 0.3) is 0 Å². The van der Waals surface area contributed by atoms with Crippen molar-refractivity contribution < 1.29 is 5.11 Å². The van der Waals surface area contributed by atoms with E-state index in [1.165, 1.54) is 5.56 Å². The number of rotatable bonds is 1. The van der Waals surface area contributed by atoms with Crippen LogP contribution in [0.15, 0.2) is 18.2 Å². The standard InChI is InChI=1S/C10H13NO/c11-6-7-4-8-2-1-3-10(12)9(8)5-7/h1-3,7,12H,4-6,11H2. The van der Waals surface area contributed by atoms with Crippen molar-refractivity contribution in [3.05, 3.63) is 29.3 Å². The van der Waals surface area contributed by atoms with E-state index in [2.05, 4.69) is 6.07 Å². The molecule has 1 aliphatic rings. The lowest BCUT2D eigenvalue weighted by Gasteiger charge is -2.01. The predicted molar refractivity (Wildman–Crippen MR) is 48.1 cm³/mol. The maximum absolute atomic E-state index is 9.50. The van der Waals surface area contributed by atoms with E-state index in [1.54, 1.807) is 6.07 Å². The Balaban J connectivity index is 2.35. The Morgan fingerprint density at radius 2 is 2.25 bits per heavy atom. The molecule has 0 saturated heterocycles. The lowest BCUT2D eigenvalue weighted by molar-refractivity contribution is 0.465. The van der Waals surface area contributed by atoms with E-state index >= 15 is 0 Å². The van der Waals surface area contributed by atoms with Crippen molar-refractivity contribution in [3.8, 4) is 5.75 Å². The van der Waals surface area contributed by atoms with E-state index in [9.17, 15) is 5.11 Å². The summed E-state index contributed by atoms with van der Waals surface area (Å²) in [6.45, 7) is 0.716. The summed E-state index contributed by atoms with van der Waals surface area (Å²) in [5.74, 6) is 0.969. The van der Waals surface area contributed by atoms with E-state index in [1.807, 2.05) is 6.07 Å². The Bertz CT molecular complexity index is 296. The molecule has 1 aromatic carbocycles. The monoisotopic (exact) mass is 163 g/mol. The molecule has 2 rings (SSSR count). The van der Waals surface area contributed by atoms with Gasteiger partial charge in [0.05, 0.1) is 0 Å². The van der Waals surface area contributed by atoms with Gasteiger partial charge in [-0.15, -0.1) is 0 Å². The number of phenolic OH excluding ortho intramolecular Hbond substituents is 1. The minimum absolute atomic E-state index is 0.434. The van der Waals surface area contributed by atoms with Crippen molar-refractivity contribution in [1.82, 2.24) is 0 Å². The summed E-state index contributed by atoms with van der Waals surface area (Å²) in [7, 11) is 0. The lowest BCUT2D eigenvalue weighted by Crippen LogP contribution is -2.13. The quantitative estimate of drug-likeness (QED) is 0.650. The van der Waals surface area contributed by atoms with Crippen molar-refractivity contribution in [2.24, 2.45) is 11.7 Å². The summed E-state index contributed by atoms with van der Waals surface area (Å²) in [5.41, 5.74) is 7.96. The van der Waals surface area contributed by atoms with E-state index < -0.39 is 0 Å². The van der Waals surface area contributed by atoms with Crippen LogP contribution >= 0.6 is 0 Å². The van der Waals surface area contributed by atoms with Gasteiger partial charge in [-0.2, -0.15) is 0 Å². The first-order valence-electron chi connectivity index (χ1n) is 4.31. The van der Waals surface area contributed by atoms with Gasteiger partial charge in [0.2, 0.25) is 0 Å². The molecule has 0 bridgehead atoms. The topological polar surface area (TPSA) is 46.2 Å². The Labute approximate surface area is 72.0 Å². The smallest absolute Gasteiger partial charge is 0.119 e. The SMILES string of the molecule is NCC1Cc2cccc(O)c2C1. The maximum atomic E-state index is 9.50. The van der Waals surface area contributed by atoms with Crippen molar-refractivity contribution in [2.45, 2.75) is 12.8 Å². The second-order valence-corrected chi connectivity index (χ2v) is 3.42. The molecule has 1 atom stereocenters. The molecule has 0 saturated carbocycles. The molecule has 0 radical (unpaired) electrons. The molecule has 0 amide bonds. The van der Waals surface area contributed by atoms with Gasteiger partial charge in [-0.25, -0.2) is 0 Å². The zero-order chi connectivity index (χ0) is 8.55. The fraction of sp³-hybridized carbons (Fsp3) is 0.400. The van der Waals surface area contributed by atoms with Crippen LogP contribution in [-0.4, -0.2) is 11.7 Å². The number of aromatic hydroxyl groups is 1. The molecule has 12 heavy (non-hydrogen) atoms. The zero-order valence-electron chi connectivity index (χ0n) is 6.96. The van der Waals surface area contributed by atoms with Gasteiger partial charge in [-0.1, -0.05) is 12.1 Å². The second kappa shape index (κ2) is 2.79. The largest absolute Gasteiger partial charge is 0.508 e. The molecule has 3 N–H and O–H groups in total. The molecule has 64 valence electrons. The molecule has 0 fully saturated rings. The van der Waals surface area contributed by atoms with Gasteiger partial charge >= 0.3 is 0 Å². The molecule has 1 aliphatic carbocycles. The third-order valence-corrected chi connectivity index (χ3v) is 2.58. The second-order valence-electron chi connectivity index (χ2n) is 3.42. The van der Waals surface area contributed by atoms with Crippen molar-refractivity contribution in [3.63, 3.8) is 0 Å². The first kappa shape index (κ1) is 7.62. The molecule has 0 aromatic heterocycles. The van der Waals surface area contributed by atoms with E-state index in [0.29, 0.717) is 18.2 Å². The average molecular weight is 163 g/mol. The molecule has 2 heteroatoms. The number of hydrogen-bond donors (Lipinski definition) is 2. The third kappa shape index (κ3) is 1.08. The Morgan fingerprint density at radius 1 is 1.42 bits per heavy atom. The molecule has 1 unspecified atom stereocenters. The maximum Gasteiger partial charge on any atom is 0.119 e. The highest BCUT2D eigenvalue weighted by Crippen LogP contribution is 2.32. The van der Waals surface area contributed by atoms with Gasteiger partial charge in [0.15, 0.2) is 0 Å². The van der Waals surface area contributed by atoms with Crippen molar-refractivity contribution >= 4 is 0 Å². The number of hydrogen-bond acceptors (Lipinski definition) is 2. The first-order chi connectivity index (χ1) is 5.81. The molecule has 1 aromatic rings. The van der Waals surface area contributed by atoms with Crippen LogP contribution in [0.2, 0.25) is 0 Å². The summed E-state index contributed by atoms with van der Waals surface area (Å²) >= 11 is 0. The molecule has 0 spiro atoms. The first-order valence-corrected chi connectivity index (χ1v) is 4.31. The summed E-state index contributed by atoms with van der Waals surface area (Å²) in [4.78, 5) is 0. The van der Waals surface area contributed by atoms with E-state index in [-0.39, 0.29) is 0 Å². The molecule has 2 nitrogen and oxygen atoms in total. The summed E-state index contributed by atoms with van der Waals surface area (Å²) in [5, 5.41) is 9.50. The Hall–Kier alpha value is -1.02. The van der Waals surface area contributed by atoms with Crippen LogP contribution in [0.5, 0.6) is 5.75 Å². The van der Waals surface area contributed by atoms with Gasteiger partial charge in [0.25, 0.3) is 0 Å². The normalized spacial score (nSPS) is 20.9. The minimum Gasteiger partial charge on any atom is -0.508 e.